The molecule has 7 N–H and O–H groups in total. The van der Waals surface area contributed by atoms with Crippen molar-refractivity contribution >= 4 is 12.0 Å². The third kappa shape index (κ3) is 4.44. The van der Waals surface area contributed by atoms with Crippen molar-refractivity contribution in [3.63, 3.8) is 0 Å². The number of hydrazine groups is 2. The Morgan fingerprint density at radius 2 is 2.08 bits per heavy atom. The molecule has 0 aliphatic rings. The Morgan fingerprint density at radius 1 is 1.50 bits per heavy atom. The molecule has 2 amide bonds. The van der Waals surface area contributed by atoms with Gasteiger partial charge in [0.05, 0.1) is 6.61 Å². The van der Waals surface area contributed by atoms with E-state index in [0.29, 0.717) is 0 Å². The van der Waals surface area contributed by atoms with Gasteiger partial charge in [-0.1, -0.05) is 0 Å². The first-order valence-electron chi connectivity index (χ1n) is 2.97. The van der Waals surface area contributed by atoms with Gasteiger partial charge in [-0.3, -0.25) is 10.2 Å². The van der Waals surface area contributed by atoms with Gasteiger partial charge in [-0.15, -0.1) is 0 Å². The van der Waals surface area contributed by atoms with Crippen LogP contribution in [0.1, 0.15) is 0 Å². The van der Waals surface area contributed by atoms with E-state index in [2.05, 4.69) is 11.2 Å². The number of amides is 2. The van der Waals surface area contributed by atoms with E-state index in [0.717, 1.165) is 0 Å². The molecule has 1 unspecified atom stereocenters. The number of carboxylic acids is 1. The highest BCUT2D eigenvalue weighted by Gasteiger charge is 2.14. The molecule has 0 aliphatic heterocycles. The van der Waals surface area contributed by atoms with Gasteiger partial charge in [0.25, 0.3) is 0 Å². The minimum Gasteiger partial charge on any atom is -0.480 e. The van der Waals surface area contributed by atoms with Gasteiger partial charge in [0.15, 0.2) is 0 Å². The quantitative estimate of drug-likeness (QED) is 0.250. The Bertz CT molecular complexity index is 172. The molecule has 8 nitrogen and oxygen atoms in total. The third-order valence-electron chi connectivity index (χ3n) is 0.913. The van der Waals surface area contributed by atoms with Crippen LogP contribution in [0.2, 0.25) is 0 Å². The maximum Gasteiger partial charge on any atom is 0.327 e. The molecule has 0 aromatic heterocycles. The van der Waals surface area contributed by atoms with E-state index in [1.54, 1.807) is 0 Å². The van der Waals surface area contributed by atoms with Crippen LogP contribution in [0.25, 0.3) is 0 Å². The summed E-state index contributed by atoms with van der Waals surface area (Å²) in [6, 6.07) is -2.07. The number of nitrogens with two attached hydrogens (primary N) is 1. The molecule has 12 heavy (non-hydrogen) atoms. The third-order valence-corrected chi connectivity index (χ3v) is 0.913. The number of carbonyl (C=O) groups is 2. The molecule has 1 atom stereocenters. The summed E-state index contributed by atoms with van der Waals surface area (Å²) in [7, 11) is 0. The topological polar surface area (TPSA) is 137 Å². The molecule has 0 heterocycles. The number of primary amides is 1. The number of urea groups is 1. The summed E-state index contributed by atoms with van der Waals surface area (Å²) in [6.07, 6.45) is 0. The lowest BCUT2D eigenvalue weighted by Gasteiger charge is -2.11. The molecular weight excluding hydrogens is 168 g/mol. The summed E-state index contributed by atoms with van der Waals surface area (Å²) in [5, 5.41) is 16.8. The van der Waals surface area contributed by atoms with Crippen LogP contribution in [0.5, 0.6) is 0 Å². The highest BCUT2D eigenvalue weighted by molar-refractivity contribution is 5.73. The molecule has 70 valence electrons. The van der Waals surface area contributed by atoms with Gasteiger partial charge in [-0.2, -0.15) is 5.53 Å². The Kier molecular flexibility index (Phi) is 4.69. The number of aliphatic hydroxyl groups excluding tert-OH is 1. The summed E-state index contributed by atoms with van der Waals surface area (Å²) < 4.78 is 0. The first-order chi connectivity index (χ1) is 5.57. The second-order valence-corrected chi connectivity index (χ2v) is 1.83. The Hall–Kier alpha value is -1.38. The predicted octanol–water partition coefficient (Wildman–Crippen LogP) is -2.89. The number of hydrogen-bond donors (Lipinski definition) is 6. The van der Waals surface area contributed by atoms with Crippen LogP contribution < -0.4 is 22.1 Å². The maximum atomic E-state index is 10.2. The molecule has 0 saturated heterocycles. The van der Waals surface area contributed by atoms with Crippen molar-refractivity contribution in [2.24, 2.45) is 5.73 Å². The van der Waals surface area contributed by atoms with E-state index in [4.69, 9.17) is 10.2 Å². The van der Waals surface area contributed by atoms with Crippen molar-refractivity contribution in [1.82, 2.24) is 16.4 Å². The molecule has 0 rings (SSSR count). The van der Waals surface area contributed by atoms with Crippen molar-refractivity contribution in [2.75, 3.05) is 6.61 Å². The van der Waals surface area contributed by atoms with Crippen molar-refractivity contribution in [1.29, 1.82) is 0 Å². The minimum atomic E-state index is -1.25. The number of carboxylic acid groups (broad SMARTS) is 1. The van der Waals surface area contributed by atoms with Crippen molar-refractivity contribution < 1.29 is 19.8 Å². The second-order valence-electron chi connectivity index (χ2n) is 1.83. The number of carbonyl (C=O) groups excluding carboxylic acids is 1. The molecule has 0 saturated carbocycles. The molecular formula is C4H10N4O4. The fourth-order valence-electron chi connectivity index (χ4n) is 0.370. The van der Waals surface area contributed by atoms with Gasteiger partial charge in [0, 0.05) is 0 Å². The molecule has 0 aliphatic carbocycles. The van der Waals surface area contributed by atoms with E-state index in [9.17, 15) is 9.59 Å². The lowest BCUT2D eigenvalue weighted by atomic mass is 10.3. The van der Waals surface area contributed by atoms with Crippen molar-refractivity contribution in [3.05, 3.63) is 0 Å². The number of aliphatic hydroxyl groups is 1. The number of nitrogens with one attached hydrogen (secondary N) is 3. The standard InChI is InChI=1S/C4H10N4O4/c5-4(12)7-8-6-2(1-9)3(10)11/h2,6,8-9H,1H2,(H,10,11)(H3,5,7,12). The lowest BCUT2D eigenvalue weighted by molar-refractivity contribution is -0.140. The fraction of sp³-hybridized carbons (Fsp3) is 0.500. The van der Waals surface area contributed by atoms with Crippen LogP contribution in [-0.4, -0.2) is 34.9 Å². The first kappa shape index (κ1) is 10.6. The summed E-state index contributed by atoms with van der Waals surface area (Å²) in [6.45, 7) is -0.608. The zero-order valence-corrected chi connectivity index (χ0v) is 6.07. The SMILES string of the molecule is NC(=O)NNNC(CO)C(=O)O. The zero-order valence-electron chi connectivity index (χ0n) is 6.07. The summed E-state index contributed by atoms with van der Waals surface area (Å²) >= 11 is 0. The zero-order chi connectivity index (χ0) is 9.56. The summed E-state index contributed by atoms with van der Waals surface area (Å²) in [5.41, 5.74) is 10.6. The van der Waals surface area contributed by atoms with E-state index < -0.39 is 24.6 Å². The highest BCUT2D eigenvalue weighted by Crippen LogP contribution is 1.77. The average molecular weight is 178 g/mol. The highest BCUT2D eigenvalue weighted by atomic mass is 16.4. The summed E-state index contributed by atoms with van der Waals surface area (Å²) in [4.78, 5) is 20.2. The predicted molar refractivity (Wildman–Crippen MR) is 37.5 cm³/mol. The van der Waals surface area contributed by atoms with Crippen LogP contribution in [0.4, 0.5) is 4.79 Å². The molecule has 8 heteroatoms. The van der Waals surface area contributed by atoms with Crippen molar-refractivity contribution in [2.45, 2.75) is 6.04 Å². The normalized spacial score (nSPS) is 12.1. The van der Waals surface area contributed by atoms with Crippen LogP contribution in [0.15, 0.2) is 0 Å². The van der Waals surface area contributed by atoms with E-state index in [1.165, 1.54) is 0 Å². The van der Waals surface area contributed by atoms with Gasteiger partial charge in [-0.25, -0.2) is 10.2 Å². The molecule has 0 aromatic rings. The molecule has 0 radical (unpaired) electrons. The second kappa shape index (κ2) is 5.29. The van der Waals surface area contributed by atoms with Gasteiger partial charge < -0.3 is 15.9 Å². The van der Waals surface area contributed by atoms with Gasteiger partial charge in [-0.05, 0) is 0 Å². The number of aliphatic carboxylic acids is 1. The smallest absolute Gasteiger partial charge is 0.327 e. The lowest BCUT2D eigenvalue weighted by Crippen LogP contribution is -2.55. The van der Waals surface area contributed by atoms with Gasteiger partial charge in [0.1, 0.15) is 6.04 Å². The van der Waals surface area contributed by atoms with E-state index in [-0.39, 0.29) is 0 Å². The molecule has 0 fully saturated rings. The molecule has 0 spiro atoms. The minimum absolute atomic E-state index is 0.608. The summed E-state index contributed by atoms with van der Waals surface area (Å²) in [5.74, 6) is -1.25. The largest absolute Gasteiger partial charge is 0.480 e. The Morgan fingerprint density at radius 3 is 2.42 bits per heavy atom. The van der Waals surface area contributed by atoms with Crippen LogP contribution in [0.3, 0.4) is 0 Å². The monoisotopic (exact) mass is 178 g/mol. The van der Waals surface area contributed by atoms with Crippen LogP contribution in [0, 0.1) is 0 Å². The Labute approximate surface area is 67.7 Å². The van der Waals surface area contributed by atoms with E-state index in [1.807, 2.05) is 11.0 Å². The number of rotatable bonds is 5. The van der Waals surface area contributed by atoms with Crippen LogP contribution in [-0.2, 0) is 4.79 Å². The average Bonchev–Trinajstić information content (AvgIpc) is 1.96. The fourth-order valence-corrected chi connectivity index (χ4v) is 0.370. The van der Waals surface area contributed by atoms with Gasteiger partial charge >= 0.3 is 12.0 Å². The van der Waals surface area contributed by atoms with Crippen molar-refractivity contribution in [3.8, 4) is 0 Å². The molecule has 0 bridgehead atoms. The van der Waals surface area contributed by atoms with E-state index >= 15 is 0 Å². The number of hydrogen-bond acceptors (Lipinski definition) is 5. The van der Waals surface area contributed by atoms with Gasteiger partial charge in [0.2, 0.25) is 0 Å². The van der Waals surface area contributed by atoms with Crippen LogP contribution >= 0.6 is 0 Å². The Balaban J connectivity index is 3.59. The maximum absolute atomic E-state index is 10.2. The molecule has 0 aromatic carbocycles. The first-order valence-corrected chi connectivity index (χ1v) is 2.97.